The van der Waals surface area contributed by atoms with Crippen LogP contribution in [0.25, 0.3) is 27.7 Å². The molecule has 0 aliphatic heterocycles. The van der Waals surface area contributed by atoms with E-state index in [2.05, 4.69) is 6.07 Å². The molecule has 0 spiro atoms. The van der Waals surface area contributed by atoms with Crippen LogP contribution in [0.15, 0.2) is 54.6 Å². The van der Waals surface area contributed by atoms with Crippen molar-refractivity contribution in [1.82, 2.24) is 4.57 Å². The number of benzene rings is 3. The summed E-state index contributed by atoms with van der Waals surface area (Å²) in [4.78, 5) is 12.0. The highest BCUT2D eigenvalue weighted by molar-refractivity contribution is 6.08. The minimum Gasteiger partial charge on any atom is -0.507 e. The van der Waals surface area contributed by atoms with E-state index >= 15 is 0 Å². The number of carbonyl (C=O) groups is 1. The lowest BCUT2D eigenvalue weighted by molar-refractivity contribution is 0.0697. The Kier molecular flexibility index (Phi) is 5.57. The maximum absolute atomic E-state index is 14.5. The Bertz CT molecular complexity index is 1500. The van der Waals surface area contributed by atoms with Crippen LogP contribution in [0.2, 0.25) is 0 Å². The summed E-state index contributed by atoms with van der Waals surface area (Å²) in [5.41, 5.74) is -0.00896. The third kappa shape index (κ3) is 3.65. The SMILES string of the molecule is CC(C)(CC#N)c1c(-c2ccccc2C(=O)O)c2c(O)cc(F)cc2n1-c1ccc(F)c(F)c1. The van der Waals surface area contributed by atoms with E-state index in [1.165, 1.54) is 16.7 Å². The fraction of sp³-hybridized carbons (Fsp3) is 0.154. The first-order chi connectivity index (χ1) is 16.1. The molecule has 2 N–H and O–H groups in total. The lowest BCUT2D eigenvalue weighted by Crippen LogP contribution is -2.22. The number of hydrogen-bond acceptors (Lipinski definition) is 3. The summed E-state index contributed by atoms with van der Waals surface area (Å²) in [6.45, 7) is 3.45. The molecule has 0 saturated carbocycles. The quantitative estimate of drug-likeness (QED) is 0.362. The molecule has 172 valence electrons. The molecule has 0 amide bonds. The van der Waals surface area contributed by atoms with Gasteiger partial charge in [0.15, 0.2) is 11.6 Å². The number of carboxylic acids is 1. The van der Waals surface area contributed by atoms with Crippen molar-refractivity contribution >= 4 is 16.9 Å². The number of phenolic OH excluding ortho intramolecular Hbond substituents is 1. The van der Waals surface area contributed by atoms with Crippen molar-refractivity contribution in [3.05, 3.63) is 83.3 Å². The summed E-state index contributed by atoms with van der Waals surface area (Å²) in [5.74, 6) is -4.69. The van der Waals surface area contributed by atoms with Crippen molar-refractivity contribution < 1.29 is 28.2 Å². The van der Waals surface area contributed by atoms with E-state index in [0.29, 0.717) is 5.69 Å². The molecule has 0 saturated heterocycles. The van der Waals surface area contributed by atoms with Crippen LogP contribution in [0, 0.1) is 28.8 Å². The fourth-order valence-electron chi connectivity index (χ4n) is 4.33. The molecule has 3 aromatic carbocycles. The van der Waals surface area contributed by atoms with Crippen LogP contribution in [0.5, 0.6) is 5.75 Å². The Morgan fingerprint density at radius 2 is 1.76 bits per heavy atom. The van der Waals surface area contributed by atoms with Crippen molar-refractivity contribution in [2.24, 2.45) is 0 Å². The first-order valence-electron chi connectivity index (χ1n) is 10.3. The van der Waals surface area contributed by atoms with Crippen molar-refractivity contribution in [2.45, 2.75) is 25.7 Å². The number of halogens is 3. The van der Waals surface area contributed by atoms with Crippen LogP contribution in [-0.2, 0) is 5.41 Å². The van der Waals surface area contributed by atoms with Gasteiger partial charge in [-0.25, -0.2) is 18.0 Å². The van der Waals surface area contributed by atoms with Gasteiger partial charge in [-0.15, -0.1) is 0 Å². The lowest BCUT2D eigenvalue weighted by atomic mass is 9.81. The van der Waals surface area contributed by atoms with Crippen LogP contribution < -0.4 is 0 Å². The first kappa shape index (κ1) is 22.9. The molecule has 0 atom stereocenters. The molecule has 0 aliphatic carbocycles. The number of hydrogen-bond donors (Lipinski definition) is 2. The summed E-state index contributed by atoms with van der Waals surface area (Å²) in [6.07, 6.45) is -0.0432. The van der Waals surface area contributed by atoms with Gasteiger partial charge in [-0.05, 0) is 29.8 Å². The maximum atomic E-state index is 14.5. The summed E-state index contributed by atoms with van der Waals surface area (Å²) in [7, 11) is 0. The zero-order chi connectivity index (χ0) is 24.8. The summed E-state index contributed by atoms with van der Waals surface area (Å²) in [6, 6.07) is 13.3. The van der Waals surface area contributed by atoms with Gasteiger partial charge in [0, 0.05) is 40.9 Å². The van der Waals surface area contributed by atoms with Crippen molar-refractivity contribution in [1.29, 1.82) is 5.26 Å². The van der Waals surface area contributed by atoms with Crippen molar-refractivity contribution in [3.8, 4) is 28.6 Å². The number of nitrogens with zero attached hydrogens (tertiary/aromatic N) is 2. The summed E-state index contributed by atoms with van der Waals surface area (Å²) in [5, 5.41) is 30.3. The molecular formula is C26H19F3N2O3. The number of aromatic nitrogens is 1. The third-order valence-electron chi connectivity index (χ3n) is 5.76. The minimum atomic E-state index is -1.23. The predicted molar refractivity (Wildman–Crippen MR) is 120 cm³/mol. The number of aromatic carboxylic acids is 1. The number of phenols is 1. The van der Waals surface area contributed by atoms with Crippen LogP contribution in [-0.4, -0.2) is 20.7 Å². The Balaban J connectivity index is 2.30. The van der Waals surface area contributed by atoms with Gasteiger partial charge >= 0.3 is 5.97 Å². The van der Waals surface area contributed by atoms with Gasteiger partial charge in [-0.2, -0.15) is 5.26 Å². The van der Waals surface area contributed by atoms with Crippen LogP contribution in [0.4, 0.5) is 13.2 Å². The number of fused-ring (bicyclic) bond motifs is 1. The van der Waals surface area contributed by atoms with E-state index in [4.69, 9.17) is 0 Å². The Morgan fingerprint density at radius 1 is 1.06 bits per heavy atom. The number of nitriles is 1. The molecule has 8 heteroatoms. The standard InChI is InChI=1S/C26H19F3N2O3/c1-26(2,9-10-30)24-22(16-5-3-4-6-17(16)25(33)34)23-20(11-14(27)12-21(23)32)31(24)15-7-8-18(28)19(29)13-15/h3-8,11-13,32H,9H2,1-2H3,(H,33,34). The molecule has 5 nitrogen and oxygen atoms in total. The molecule has 1 aromatic heterocycles. The molecular weight excluding hydrogens is 445 g/mol. The minimum absolute atomic E-state index is 0.0432. The maximum Gasteiger partial charge on any atom is 0.336 e. The first-order valence-corrected chi connectivity index (χ1v) is 10.3. The van der Waals surface area contributed by atoms with Crippen molar-refractivity contribution in [2.75, 3.05) is 0 Å². The average Bonchev–Trinajstić information content (AvgIpc) is 3.11. The normalized spacial score (nSPS) is 11.5. The Morgan fingerprint density at radius 3 is 2.41 bits per heavy atom. The monoisotopic (exact) mass is 464 g/mol. The highest BCUT2D eigenvalue weighted by atomic mass is 19.2. The zero-order valence-electron chi connectivity index (χ0n) is 18.2. The van der Waals surface area contributed by atoms with Crippen LogP contribution in [0.3, 0.4) is 0 Å². The van der Waals surface area contributed by atoms with Gasteiger partial charge in [0.2, 0.25) is 0 Å². The van der Waals surface area contributed by atoms with Gasteiger partial charge in [0.25, 0.3) is 0 Å². The van der Waals surface area contributed by atoms with Gasteiger partial charge in [-0.3, -0.25) is 0 Å². The highest BCUT2D eigenvalue weighted by Crippen LogP contribution is 2.48. The Labute approximate surface area is 192 Å². The van der Waals surface area contributed by atoms with Gasteiger partial charge < -0.3 is 14.8 Å². The van der Waals surface area contributed by atoms with Crippen LogP contribution >= 0.6 is 0 Å². The van der Waals surface area contributed by atoms with E-state index in [1.54, 1.807) is 32.0 Å². The smallest absolute Gasteiger partial charge is 0.336 e. The van der Waals surface area contributed by atoms with Crippen molar-refractivity contribution in [3.63, 3.8) is 0 Å². The molecule has 4 aromatic rings. The summed E-state index contributed by atoms with van der Waals surface area (Å²) >= 11 is 0. The second-order valence-corrected chi connectivity index (χ2v) is 8.55. The van der Waals surface area contributed by atoms with E-state index < -0.39 is 34.6 Å². The van der Waals surface area contributed by atoms with E-state index in [-0.39, 0.29) is 39.7 Å². The Hall–Kier alpha value is -4.25. The molecule has 0 radical (unpaired) electrons. The van der Waals surface area contributed by atoms with Gasteiger partial charge in [0.1, 0.15) is 11.6 Å². The second kappa shape index (κ2) is 8.27. The van der Waals surface area contributed by atoms with Gasteiger partial charge in [0.05, 0.1) is 22.5 Å². The van der Waals surface area contributed by atoms with Crippen LogP contribution in [0.1, 0.15) is 36.3 Å². The molecule has 4 rings (SSSR count). The number of aromatic hydroxyl groups is 1. The second-order valence-electron chi connectivity index (χ2n) is 8.55. The third-order valence-corrected chi connectivity index (χ3v) is 5.76. The fourth-order valence-corrected chi connectivity index (χ4v) is 4.33. The lowest BCUT2D eigenvalue weighted by Gasteiger charge is -2.27. The number of carboxylic acid groups (broad SMARTS) is 1. The van der Waals surface area contributed by atoms with E-state index in [1.807, 2.05) is 0 Å². The molecule has 0 unspecified atom stereocenters. The molecule has 0 bridgehead atoms. The average molecular weight is 464 g/mol. The summed E-state index contributed by atoms with van der Waals surface area (Å²) < 4.78 is 43.9. The molecule has 0 aliphatic rings. The predicted octanol–water partition coefficient (Wildman–Crippen LogP) is 6.31. The van der Waals surface area contributed by atoms with E-state index in [9.17, 15) is 33.4 Å². The highest BCUT2D eigenvalue weighted by Gasteiger charge is 2.34. The molecule has 34 heavy (non-hydrogen) atoms. The zero-order valence-corrected chi connectivity index (χ0v) is 18.2. The number of rotatable bonds is 5. The largest absolute Gasteiger partial charge is 0.507 e. The molecule has 1 heterocycles. The topological polar surface area (TPSA) is 86.2 Å². The van der Waals surface area contributed by atoms with E-state index in [0.717, 1.165) is 24.3 Å². The molecule has 0 fully saturated rings. The van der Waals surface area contributed by atoms with Gasteiger partial charge in [-0.1, -0.05) is 32.0 Å².